The number of rotatable bonds is 3. The summed E-state index contributed by atoms with van der Waals surface area (Å²) >= 11 is 1.85. The zero-order valence-corrected chi connectivity index (χ0v) is 24.0. The predicted octanol–water partition coefficient (Wildman–Crippen LogP) is 11.3. The van der Waals surface area contributed by atoms with Gasteiger partial charge in [-0.05, 0) is 57.3 Å². The van der Waals surface area contributed by atoms with Crippen LogP contribution in [0.1, 0.15) is 0 Å². The molecule has 0 saturated carbocycles. The molecule has 200 valence electrons. The molecule has 9 rings (SSSR count). The molecule has 0 N–H and O–H groups in total. The minimum atomic E-state index is 0.880. The van der Waals surface area contributed by atoms with E-state index in [1.54, 1.807) is 0 Å². The molecule has 0 radical (unpaired) electrons. The largest absolute Gasteiger partial charge is 0.252 e. The Balaban J connectivity index is 1.24. The number of hydrogen-bond donors (Lipinski definition) is 0. The SMILES string of the molecule is c1ccc(-c2ccc3sc4ccc(-c5ccccc5-c5cnc6c7ccccc7c7ccccc7c6n5)cc4c3c2)cc1. The lowest BCUT2D eigenvalue weighted by Crippen LogP contribution is -1.93. The van der Waals surface area contributed by atoms with Crippen LogP contribution in [0.4, 0.5) is 0 Å². The fraction of sp³-hybridized carbons (Fsp3) is 0. The molecule has 0 bridgehead atoms. The van der Waals surface area contributed by atoms with E-state index >= 15 is 0 Å². The summed E-state index contributed by atoms with van der Waals surface area (Å²) in [5.41, 5.74) is 8.65. The van der Waals surface area contributed by atoms with Gasteiger partial charge in [-0.2, -0.15) is 0 Å². The highest BCUT2D eigenvalue weighted by molar-refractivity contribution is 7.25. The average molecular weight is 565 g/mol. The van der Waals surface area contributed by atoms with E-state index in [-0.39, 0.29) is 0 Å². The average Bonchev–Trinajstić information content (AvgIpc) is 3.46. The Morgan fingerprint density at radius 3 is 1.67 bits per heavy atom. The number of benzene rings is 7. The van der Waals surface area contributed by atoms with Crippen LogP contribution in [0.2, 0.25) is 0 Å². The third kappa shape index (κ3) is 3.86. The summed E-state index contributed by atoms with van der Waals surface area (Å²) in [6, 6.07) is 49.9. The maximum Gasteiger partial charge on any atom is 0.0979 e. The minimum absolute atomic E-state index is 0.880. The summed E-state index contributed by atoms with van der Waals surface area (Å²) in [5, 5.41) is 7.25. The Labute approximate surface area is 252 Å². The van der Waals surface area contributed by atoms with Crippen LogP contribution in [0.15, 0.2) is 146 Å². The topological polar surface area (TPSA) is 25.8 Å². The van der Waals surface area contributed by atoms with Crippen molar-refractivity contribution in [2.75, 3.05) is 0 Å². The summed E-state index contributed by atoms with van der Waals surface area (Å²) in [6.45, 7) is 0. The smallest absolute Gasteiger partial charge is 0.0979 e. The number of thiophene rings is 1. The van der Waals surface area contributed by atoms with Gasteiger partial charge in [-0.1, -0.05) is 115 Å². The molecule has 7 aromatic carbocycles. The van der Waals surface area contributed by atoms with Crippen molar-refractivity contribution in [2.24, 2.45) is 0 Å². The molecule has 43 heavy (non-hydrogen) atoms. The number of hydrogen-bond acceptors (Lipinski definition) is 3. The molecule has 2 heterocycles. The molecule has 0 spiro atoms. The van der Waals surface area contributed by atoms with Crippen LogP contribution in [-0.2, 0) is 0 Å². The van der Waals surface area contributed by atoms with Gasteiger partial charge in [0.15, 0.2) is 0 Å². The molecule has 0 aliphatic carbocycles. The van der Waals surface area contributed by atoms with E-state index < -0.39 is 0 Å². The van der Waals surface area contributed by atoms with Crippen molar-refractivity contribution in [1.29, 1.82) is 0 Å². The maximum atomic E-state index is 5.30. The lowest BCUT2D eigenvalue weighted by molar-refractivity contribution is 1.31. The van der Waals surface area contributed by atoms with Gasteiger partial charge in [0.2, 0.25) is 0 Å². The molecule has 3 heteroatoms. The van der Waals surface area contributed by atoms with Gasteiger partial charge in [-0.3, -0.25) is 4.98 Å². The molecule has 0 aliphatic heterocycles. The van der Waals surface area contributed by atoms with E-state index in [1.807, 2.05) is 17.5 Å². The first-order valence-electron chi connectivity index (χ1n) is 14.5. The van der Waals surface area contributed by atoms with Crippen LogP contribution in [-0.4, -0.2) is 9.97 Å². The molecule has 0 unspecified atom stereocenters. The molecule has 0 fully saturated rings. The Morgan fingerprint density at radius 2 is 0.953 bits per heavy atom. The highest BCUT2D eigenvalue weighted by Crippen LogP contribution is 2.41. The van der Waals surface area contributed by atoms with Gasteiger partial charge in [0, 0.05) is 36.5 Å². The van der Waals surface area contributed by atoms with Crippen LogP contribution in [0.25, 0.3) is 86.3 Å². The molecule has 0 amide bonds. The Hall–Kier alpha value is -5.38. The van der Waals surface area contributed by atoms with Crippen molar-refractivity contribution >= 4 is 64.1 Å². The Kier molecular flexibility index (Phi) is 5.40. The highest BCUT2D eigenvalue weighted by Gasteiger charge is 2.15. The van der Waals surface area contributed by atoms with Crippen LogP contribution in [0, 0.1) is 0 Å². The third-order valence-electron chi connectivity index (χ3n) is 8.52. The van der Waals surface area contributed by atoms with Crippen molar-refractivity contribution in [3.63, 3.8) is 0 Å². The second-order valence-corrected chi connectivity index (χ2v) is 12.1. The lowest BCUT2D eigenvalue weighted by Gasteiger charge is -2.13. The first-order chi connectivity index (χ1) is 21.3. The van der Waals surface area contributed by atoms with Gasteiger partial charge in [0.25, 0.3) is 0 Å². The molecule has 0 saturated heterocycles. The third-order valence-corrected chi connectivity index (χ3v) is 9.67. The van der Waals surface area contributed by atoms with E-state index in [0.29, 0.717) is 0 Å². The predicted molar refractivity (Wildman–Crippen MR) is 184 cm³/mol. The summed E-state index contributed by atoms with van der Waals surface area (Å²) in [5.74, 6) is 0. The van der Waals surface area contributed by atoms with Crippen molar-refractivity contribution in [3.8, 4) is 33.5 Å². The normalized spacial score (nSPS) is 11.7. The fourth-order valence-corrected chi connectivity index (χ4v) is 7.53. The summed E-state index contributed by atoms with van der Waals surface area (Å²) < 4.78 is 2.60. The van der Waals surface area contributed by atoms with Gasteiger partial charge >= 0.3 is 0 Å². The number of nitrogens with zero attached hydrogens (tertiary/aromatic N) is 2. The van der Waals surface area contributed by atoms with Gasteiger partial charge in [0.05, 0.1) is 22.9 Å². The lowest BCUT2D eigenvalue weighted by atomic mass is 9.95. The first kappa shape index (κ1) is 24.2. The zero-order valence-electron chi connectivity index (χ0n) is 23.2. The zero-order chi connectivity index (χ0) is 28.3. The van der Waals surface area contributed by atoms with E-state index in [4.69, 9.17) is 9.97 Å². The second kappa shape index (κ2) is 9.59. The Morgan fingerprint density at radius 1 is 0.395 bits per heavy atom. The molecule has 2 nitrogen and oxygen atoms in total. The second-order valence-electron chi connectivity index (χ2n) is 11.0. The van der Waals surface area contributed by atoms with Crippen molar-refractivity contribution in [1.82, 2.24) is 9.97 Å². The van der Waals surface area contributed by atoms with Gasteiger partial charge < -0.3 is 0 Å². The molecule has 2 aromatic heterocycles. The van der Waals surface area contributed by atoms with Gasteiger partial charge in [-0.15, -0.1) is 11.3 Å². The first-order valence-corrected chi connectivity index (χ1v) is 15.3. The summed E-state index contributed by atoms with van der Waals surface area (Å²) in [6.07, 6.45) is 1.94. The van der Waals surface area contributed by atoms with Gasteiger partial charge in [0.1, 0.15) is 0 Å². The van der Waals surface area contributed by atoms with Crippen LogP contribution in [0.3, 0.4) is 0 Å². The molecular formula is C40H24N2S. The molecule has 9 aromatic rings. The van der Waals surface area contributed by atoms with E-state index in [1.165, 1.54) is 47.6 Å². The van der Waals surface area contributed by atoms with Crippen molar-refractivity contribution in [3.05, 3.63) is 146 Å². The maximum absolute atomic E-state index is 5.30. The van der Waals surface area contributed by atoms with E-state index in [0.717, 1.165) is 38.6 Å². The molecular weight excluding hydrogens is 541 g/mol. The fourth-order valence-electron chi connectivity index (χ4n) is 6.47. The van der Waals surface area contributed by atoms with Crippen LogP contribution < -0.4 is 0 Å². The number of aromatic nitrogens is 2. The molecule has 0 atom stereocenters. The molecule has 0 aliphatic rings. The van der Waals surface area contributed by atoms with Crippen molar-refractivity contribution in [2.45, 2.75) is 0 Å². The monoisotopic (exact) mass is 564 g/mol. The highest BCUT2D eigenvalue weighted by atomic mass is 32.1. The summed E-state index contributed by atoms with van der Waals surface area (Å²) in [7, 11) is 0. The van der Waals surface area contributed by atoms with E-state index in [2.05, 4.69) is 140 Å². The standard InChI is InChI=1S/C40H24N2S/c1-2-10-25(11-3-1)26-18-20-37-34(22-26)35-23-27(19-21-38(35)43-37)28-12-4-7-15-31(28)36-24-41-39-32-16-8-5-13-29(32)30-14-6-9-17-33(30)40(39)42-36/h1-24H. The quantitative estimate of drug-likeness (QED) is 0.199. The number of fused-ring (bicyclic) bond motifs is 9. The summed E-state index contributed by atoms with van der Waals surface area (Å²) in [4.78, 5) is 10.3. The Bertz CT molecular complexity index is 2470. The van der Waals surface area contributed by atoms with Gasteiger partial charge in [-0.25, -0.2) is 4.98 Å². The van der Waals surface area contributed by atoms with Crippen LogP contribution >= 0.6 is 11.3 Å². The van der Waals surface area contributed by atoms with E-state index in [9.17, 15) is 0 Å². The van der Waals surface area contributed by atoms with Crippen molar-refractivity contribution < 1.29 is 0 Å². The minimum Gasteiger partial charge on any atom is -0.252 e. The van der Waals surface area contributed by atoms with Crippen LogP contribution in [0.5, 0.6) is 0 Å².